The maximum absolute atomic E-state index is 13.5. The molecular weight excluding hydrogens is 808 g/mol. The Bertz CT molecular complexity index is 2440. The van der Waals surface area contributed by atoms with Crippen LogP contribution in [0.25, 0.3) is 11.0 Å². The van der Waals surface area contributed by atoms with E-state index in [2.05, 4.69) is 60.3 Å². The van der Waals surface area contributed by atoms with Crippen LogP contribution in [0.15, 0.2) is 65.1 Å². The monoisotopic (exact) mass is 860 g/mol. The maximum Gasteiger partial charge on any atom is 0.290 e. The Morgan fingerprint density at radius 2 is 1.61 bits per heavy atom. The number of nitrogens with zero attached hydrogens (tertiary/aromatic N) is 4. The summed E-state index contributed by atoms with van der Waals surface area (Å²) in [7, 11) is 0. The summed E-state index contributed by atoms with van der Waals surface area (Å²) in [6.45, 7) is 13.6. The van der Waals surface area contributed by atoms with E-state index in [4.69, 9.17) is 25.5 Å². The Hall–Kier alpha value is -5.58. The topological polar surface area (TPSA) is 157 Å². The molecule has 1 atom stereocenters. The first-order valence-corrected chi connectivity index (χ1v) is 22.2. The summed E-state index contributed by atoms with van der Waals surface area (Å²) in [5.74, 6) is 1.11. The molecular formula is C48H53ClN6O7. The van der Waals surface area contributed by atoms with Crippen LogP contribution < -0.4 is 25.0 Å². The van der Waals surface area contributed by atoms with Crippen LogP contribution in [-0.2, 0) is 16.1 Å². The first-order chi connectivity index (χ1) is 29.7. The molecule has 1 saturated carbocycles. The Kier molecular flexibility index (Phi) is 11.0. The van der Waals surface area contributed by atoms with Crippen molar-refractivity contribution in [3.05, 3.63) is 88.1 Å². The number of ether oxygens (including phenoxy) is 2. The number of carbonyl (C=O) groups excluding carboxylic acids is 4. The van der Waals surface area contributed by atoms with Crippen molar-refractivity contribution in [2.75, 3.05) is 37.6 Å². The van der Waals surface area contributed by atoms with Crippen molar-refractivity contribution in [1.82, 2.24) is 20.4 Å². The zero-order valence-corrected chi connectivity index (χ0v) is 36.4. The molecule has 5 heterocycles. The SMILES string of the molecule is CC1(C)[C@H](NC(=O)c2ccc(OC3CCN(CC4CCN(c5ccc6c7c(oc6c5)C(=O)N(C5CCC(=O)NC5=O)C7)CC4)CC3)cc2)C(C)(C)[C@H]1Oc1ccc(C#N)c(Cl)c1. The third-order valence-corrected chi connectivity index (χ3v) is 14.3. The smallest absolute Gasteiger partial charge is 0.290 e. The van der Waals surface area contributed by atoms with Gasteiger partial charge >= 0.3 is 0 Å². The minimum Gasteiger partial charge on any atom is -0.490 e. The lowest BCUT2D eigenvalue weighted by Crippen LogP contribution is -2.74. The second kappa shape index (κ2) is 16.3. The third-order valence-electron chi connectivity index (χ3n) is 14.0. The lowest BCUT2D eigenvalue weighted by Gasteiger charge is -2.63. The van der Waals surface area contributed by atoms with Crippen LogP contribution in [0, 0.1) is 28.1 Å². The van der Waals surface area contributed by atoms with Crippen molar-refractivity contribution in [2.45, 2.75) is 97.1 Å². The number of hydrogen-bond acceptors (Lipinski definition) is 10. The van der Waals surface area contributed by atoms with E-state index in [1.165, 1.54) is 4.90 Å². The van der Waals surface area contributed by atoms with Crippen LogP contribution in [0.4, 0.5) is 5.69 Å². The number of halogens is 1. The Morgan fingerprint density at radius 1 is 0.903 bits per heavy atom. The van der Waals surface area contributed by atoms with Crippen LogP contribution in [-0.4, -0.2) is 90.4 Å². The van der Waals surface area contributed by atoms with E-state index in [9.17, 15) is 24.4 Å². The largest absolute Gasteiger partial charge is 0.490 e. The number of fused-ring (bicyclic) bond motifs is 3. The van der Waals surface area contributed by atoms with Crippen molar-refractivity contribution in [1.29, 1.82) is 5.26 Å². The fourth-order valence-electron chi connectivity index (χ4n) is 10.9. The van der Waals surface area contributed by atoms with Crippen LogP contribution in [0.5, 0.6) is 11.5 Å². The number of furan rings is 1. The summed E-state index contributed by atoms with van der Waals surface area (Å²) in [6.07, 6.45) is 4.58. The highest BCUT2D eigenvalue weighted by Gasteiger charge is 2.64. The van der Waals surface area contributed by atoms with Crippen molar-refractivity contribution in [3.63, 3.8) is 0 Å². The van der Waals surface area contributed by atoms with Gasteiger partial charge in [-0.05, 0) is 86.6 Å². The summed E-state index contributed by atoms with van der Waals surface area (Å²) in [5, 5.41) is 16.1. The molecule has 1 aliphatic carbocycles. The van der Waals surface area contributed by atoms with Crippen molar-refractivity contribution < 1.29 is 33.1 Å². The van der Waals surface area contributed by atoms with Crippen molar-refractivity contribution in [3.8, 4) is 17.6 Å². The number of carbonyl (C=O) groups is 4. The number of nitrogens with one attached hydrogen (secondary N) is 2. The fraction of sp³-hybridized carbons (Fsp3) is 0.479. The molecule has 9 rings (SSSR count). The van der Waals surface area contributed by atoms with Gasteiger partial charge in [-0.1, -0.05) is 39.3 Å². The van der Waals surface area contributed by atoms with Gasteiger partial charge in [0.2, 0.25) is 11.8 Å². The molecule has 324 valence electrons. The van der Waals surface area contributed by atoms with Gasteiger partial charge in [0.1, 0.15) is 41.4 Å². The van der Waals surface area contributed by atoms with E-state index in [0.717, 1.165) is 80.8 Å². The van der Waals surface area contributed by atoms with Crippen LogP contribution in [0.1, 0.15) is 98.3 Å². The van der Waals surface area contributed by atoms with Gasteiger partial charge in [-0.25, -0.2) is 0 Å². The summed E-state index contributed by atoms with van der Waals surface area (Å²) in [6, 6.07) is 20.0. The molecule has 13 nitrogen and oxygen atoms in total. The van der Waals surface area contributed by atoms with E-state index >= 15 is 0 Å². The predicted molar refractivity (Wildman–Crippen MR) is 233 cm³/mol. The zero-order valence-electron chi connectivity index (χ0n) is 35.7. The van der Waals surface area contributed by atoms with Crippen LogP contribution in [0.3, 0.4) is 0 Å². The Morgan fingerprint density at radius 3 is 2.29 bits per heavy atom. The van der Waals surface area contributed by atoms with E-state index in [-0.39, 0.29) is 53.2 Å². The number of nitriles is 1. The molecule has 0 bridgehead atoms. The maximum atomic E-state index is 13.5. The van der Waals surface area contributed by atoms with Gasteiger partial charge in [-0.15, -0.1) is 0 Å². The lowest BCUT2D eigenvalue weighted by molar-refractivity contribution is -0.164. The van der Waals surface area contributed by atoms with E-state index in [1.807, 2.05) is 36.4 Å². The zero-order chi connectivity index (χ0) is 43.5. The molecule has 4 aliphatic heterocycles. The number of piperidine rings is 3. The first-order valence-electron chi connectivity index (χ1n) is 21.8. The molecule has 1 aromatic heterocycles. The summed E-state index contributed by atoms with van der Waals surface area (Å²) < 4.78 is 18.9. The molecule has 14 heteroatoms. The van der Waals surface area contributed by atoms with Gasteiger partial charge in [0, 0.05) is 90.3 Å². The quantitative estimate of drug-likeness (QED) is 0.158. The lowest BCUT2D eigenvalue weighted by atomic mass is 9.49. The normalized spacial score (nSPS) is 24.0. The fourth-order valence-corrected chi connectivity index (χ4v) is 11.1. The van der Waals surface area contributed by atoms with Crippen LogP contribution >= 0.6 is 11.6 Å². The summed E-state index contributed by atoms with van der Waals surface area (Å²) >= 11 is 6.25. The highest BCUT2D eigenvalue weighted by molar-refractivity contribution is 6.31. The molecule has 3 saturated heterocycles. The second-order valence-electron chi connectivity index (χ2n) is 18.9. The van der Waals surface area contributed by atoms with Gasteiger partial charge in [0.25, 0.3) is 11.8 Å². The number of likely N-dealkylation sites (tertiary alicyclic amines) is 1. The Balaban J connectivity index is 0.709. The average molecular weight is 861 g/mol. The molecule has 3 aromatic carbocycles. The average Bonchev–Trinajstić information content (AvgIpc) is 3.78. The standard InChI is InChI=1S/C48H53ClN6O7/c1-47(2)45(48(3,4)46(47)61-34-11-7-30(25-50)37(49)24-34)52-42(57)29-5-9-32(10-6-29)60-33-17-19-53(20-18-33)26-28-15-21-54(22-16-28)31-8-12-35-36-27-55(38-13-14-40(56)51-43(38)58)44(59)41(36)62-39(35)23-31/h5-12,23-24,28,33,38,45-46H,13-22,26-27H2,1-4H3,(H,52,57)(H,51,56,58)/t38?,45-,46-. The third kappa shape index (κ3) is 7.77. The van der Waals surface area contributed by atoms with E-state index in [1.54, 1.807) is 18.2 Å². The molecule has 4 fully saturated rings. The molecule has 4 amide bonds. The number of amides is 4. The molecule has 1 unspecified atom stereocenters. The number of benzene rings is 3. The molecule has 4 aromatic rings. The predicted octanol–water partition coefficient (Wildman–Crippen LogP) is 7.09. The van der Waals surface area contributed by atoms with Gasteiger partial charge in [0.15, 0.2) is 5.76 Å². The Labute approximate surface area is 366 Å². The summed E-state index contributed by atoms with van der Waals surface area (Å²) in [4.78, 5) is 57.3. The van der Waals surface area contributed by atoms with Crippen molar-refractivity contribution >= 4 is 51.9 Å². The van der Waals surface area contributed by atoms with Gasteiger partial charge in [0.05, 0.1) is 17.1 Å². The first kappa shape index (κ1) is 41.8. The second-order valence-corrected chi connectivity index (χ2v) is 19.3. The number of hydrogen-bond donors (Lipinski definition) is 2. The van der Waals surface area contributed by atoms with Gasteiger partial charge in [-0.3, -0.25) is 24.5 Å². The van der Waals surface area contributed by atoms with Crippen LogP contribution in [0.2, 0.25) is 5.02 Å². The minimum absolute atomic E-state index is 0.126. The van der Waals surface area contributed by atoms with Gasteiger partial charge in [-0.2, -0.15) is 5.26 Å². The molecule has 2 N–H and O–H groups in total. The number of anilines is 1. The minimum atomic E-state index is -0.661. The number of rotatable bonds is 10. The van der Waals surface area contributed by atoms with E-state index in [0.29, 0.717) is 52.1 Å². The van der Waals surface area contributed by atoms with E-state index < -0.39 is 11.9 Å². The summed E-state index contributed by atoms with van der Waals surface area (Å²) in [5.41, 5.74) is 2.84. The van der Waals surface area contributed by atoms with Gasteiger partial charge < -0.3 is 33.9 Å². The molecule has 0 spiro atoms. The highest BCUT2D eigenvalue weighted by atomic mass is 35.5. The molecule has 62 heavy (non-hydrogen) atoms. The highest BCUT2D eigenvalue weighted by Crippen LogP contribution is 2.55. The van der Waals surface area contributed by atoms with Crippen molar-refractivity contribution in [2.24, 2.45) is 16.7 Å². The molecule has 5 aliphatic rings. The molecule has 0 radical (unpaired) electrons. The number of imide groups is 1.